The lowest BCUT2D eigenvalue weighted by molar-refractivity contribution is 0.0781. The Bertz CT molecular complexity index is 1050. The van der Waals surface area contributed by atoms with Crippen molar-refractivity contribution >= 4 is 5.91 Å². The lowest BCUT2D eigenvalue weighted by Crippen LogP contribution is -2.35. The number of aromatic nitrogens is 4. The third kappa shape index (κ3) is 3.85. The van der Waals surface area contributed by atoms with E-state index < -0.39 is 0 Å². The van der Waals surface area contributed by atoms with Crippen molar-refractivity contribution in [2.24, 2.45) is 0 Å². The highest BCUT2D eigenvalue weighted by molar-refractivity contribution is 5.95. The molecule has 0 N–H and O–H groups in total. The highest BCUT2D eigenvalue weighted by Gasteiger charge is 2.22. The van der Waals surface area contributed by atoms with Crippen LogP contribution in [0.3, 0.4) is 0 Å². The molecule has 3 aromatic heterocycles. The Morgan fingerprint density at radius 1 is 1.18 bits per heavy atom. The summed E-state index contributed by atoms with van der Waals surface area (Å²) in [6.45, 7) is 7.80. The van der Waals surface area contributed by atoms with E-state index in [0.29, 0.717) is 23.6 Å². The van der Waals surface area contributed by atoms with Gasteiger partial charge in [-0.05, 0) is 39.3 Å². The molecule has 8 nitrogen and oxygen atoms in total. The topological polar surface area (TPSA) is 94.1 Å². The molecule has 0 fully saturated rings. The van der Waals surface area contributed by atoms with Crippen LogP contribution in [0.15, 0.2) is 34.0 Å². The normalized spacial score (nSPS) is 10.9. The molecule has 3 heterocycles. The molecule has 0 aliphatic rings. The van der Waals surface area contributed by atoms with Crippen LogP contribution in [0.25, 0.3) is 0 Å². The van der Waals surface area contributed by atoms with Gasteiger partial charge in [0.15, 0.2) is 0 Å². The van der Waals surface area contributed by atoms with Crippen molar-refractivity contribution in [1.29, 1.82) is 0 Å². The van der Waals surface area contributed by atoms with Crippen molar-refractivity contribution < 1.29 is 9.32 Å². The number of carbonyl (C=O) groups excluding carboxylic acids is 1. The van der Waals surface area contributed by atoms with Gasteiger partial charge in [-0.15, -0.1) is 0 Å². The summed E-state index contributed by atoms with van der Waals surface area (Å²) in [6, 6.07) is 1.76. The number of amides is 1. The molecule has 8 heteroatoms. The molecule has 0 atom stereocenters. The maximum Gasteiger partial charge on any atom is 0.264 e. The Morgan fingerprint density at radius 3 is 2.54 bits per heavy atom. The molecule has 1 amide bonds. The van der Waals surface area contributed by atoms with E-state index in [1.54, 1.807) is 45.6 Å². The number of aryl methyl sites for hydroxylation is 4. The van der Waals surface area contributed by atoms with E-state index in [4.69, 9.17) is 4.52 Å². The van der Waals surface area contributed by atoms with E-state index in [1.807, 2.05) is 13.8 Å². The van der Waals surface area contributed by atoms with Gasteiger partial charge >= 0.3 is 0 Å². The minimum Gasteiger partial charge on any atom is -0.361 e. The van der Waals surface area contributed by atoms with E-state index in [9.17, 15) is 9.59 Å². The van der Waals surface area contributed by atoms with Gasteiger partial charge in [-0.1, -0.05) is 5.16 Å². The Labute approximate surface area is 162 Å². The predicted molar refractivity (Wildman–Crippen MR) is 103 cm³/mol. The molecule has 0 radical (unpaired) electrons. The lowest BCUT2D eigenvalue weighted by atomic mass is 10.1. The molecule has 0 unspecified atom stereocenters. The highest BCUT2D eigenvalue weighted by atomic mass is 16.5. The summed E-state index contributed by atoms with van der Waals surface area (Å²) >= 11 is 0. The molecule has 0 spiro atoms. The molecule has 0 saturated carbocycles. The van der Waals surface area contributed by atoms with Gasteiger partial charge in [0.25, 0.3) is 11.5 Å². The van der Waals surface area contributed by atoms with Crippen LogP contribution in [0.4, 0.5) is 0 Å². The van der Waals surface area contributed by atoms with Crippen molar-refractivity contribution in [2.45, 2.75) is 40.8 Å². The molecule has 0 aromatic carbocycles. The number of pyridine rings is 1. The first-order valence-electron chi connectivity index (χ1n) is 8.92. The van der Waals surface area contributed by atoms with Crippen LogP contribution in [0.1, 0.15) is 44.3 Å². The second-order valence-electron chi connectivity index (χ2n) is 6.92. The zero-order valence-electron chi connectivity index (χ0n) is 16.7. The maximum absolute atomic E-state index is 13.0. The maximum atomic E-state index is 13.0. The summed E-state index contributed by atoms with van der Waals surface area (Å²) in [4.78, 5) is 36.0. The molecule has 0 saturated heterocycles. The van der Waals surface area contributed by atoms with Crippen molar-refractivity contribution in [3.63, 3.8) is 0 Å². The molecule has 28 heavy (non-hydrogen) atoms. The summed E-state index contributed by atoms with van der Waals surface area (Å²) in [7, 11) is 1.66. The standard InChI is InChI=1S/C20H23N5O3/c1-12-6-7-25(10-16-9-21-13(2)8-22-16)20(27)18(12)19(26)24(5)11-17-14(3)23-28-15(17)4/h6-9H,10-11H2,1-5H3. The number of carbonyl (C=O) groups is 1. The van der Waals surface area contributed by atoms with Crippen LogP contribution >= 0.6 is 0 Å². The summed E-state index contributed by atoms with van der Waals surface area (Å²) in [6.07, 6.45) is 4.95. The van der Waals surface area contributed by atoms with Gasteiger partial charge in [0.05, 0.1) is 36.4 Å². The van der Waals surface area contributed by atoms with Crippen molar-refractivity contribution in [2.75, 3.05) is 7.05 Å². The van der Waals surface area contributed by atoms with Gasteiger partial charge in [-0.2, -0.15) is 0 Å². The van der Waals surface area contributed by atoms with Crippen molar-refractivity contribution in [3.8, 4) is 0 Å². The summed E-state index contributed by atoms with van der Waals surface area (Å²) < 4.78 is 6.63. The molecule has 0 aliphatic carbocycles. The van der Waals surface area contributed by atoms with Gasteiger partial charge in [0.2, 0.25) is 0 Å². The number of nitrogens with zero attached hydrogens (tertiary/aromatic N) is 5. The zero-order valence-corrected chi connectivity index (χ0v) is 16.7. The molecular formula is C20H23N5O3. The summed E-state index contributed by atoms with van der Waals surface area (Å²) in [5.41, 5.74) is 3.47. The van der Waals surface area contributed by atoms with E-state index in [2.05, 4.69) is 15.1 Å². The highest BCUT2D eigenvalue weighted by Crippen LogP contribution is 2.16. The monoisotopic (exact) mass is 381 g/mol. The third-order valence-corrected chi connectivity index (χ3v) is 4.68. The summed E-state index contributed by atoms with van der Waals surface area (Å²) in [5, 5.41) is 3.91. The second-order valence-corrected chi connectivity index (χ2v) is 6.92. The van der Waals surface area contributed by atoms with E-state index in [0.717, 1.165) is 17.0 Å². The Balaban J connectivity index is 1.89. The zero-order chi connectivity index (χ0) is 20.4. The Morgan fingerprint density at radius 2 is 1.93 bits per heavy atom. The first-order chi connectivity index (χ1) is 13.3. The predicted octanol–water partition coefficient (Wildman–Crippen LogP) is 2.18. The van der Waals surface area contributed by atoms with Crippen LogP contribution in [0, 0.1) is 27.7 Å². The van der Waals surface area contributed by atoms with Gasteiger partial charge in [-0.3, -0.25) is 19.6 Å². The van der Waals surface area contributed by atoms with Gasteiger partial charge in [0, 0.05) is 25.0 Å². The quantitative estimate of drug-likeness (QED) is 0.672. The SMILES string of the molecule is Cc1cnc(Cn2ccc(C)c(C(=O)N(C)Cc3c(C)noc3C)c2=O)cn1. The van der Waals surface area contributed by atoms with Crippen molar-refractivity contribution in [1.82, 2.24) is 24.6 Å². The van der Waals surface area contributed by atoms with Crippen LogP contribution in [-0.2, 0) is 13.1 Å². The molecular weight excluding hydrogens is 358 g/mol. The van der Waals surface area contributed by atoms with Crippen LogP contribution in [0.5, 0.6) is 0 Å². The average molecular weight is 381 g/mol. The third-order valence-electron chi connectivity index (χ3n) is 4.68. The summed E-state index contributed by atoms with van der Waals surface area (Å²) in [5.74, 6) is 0.323. The van der Waals surface area contributed by atoms with Crippen LogP contribution in [0.2, 0.25) is 0 Å². The average Bonchev–Trinajstić information content (AvgIpc) is 2.97. The minimum absolute atomic E-state index is 0.150. The largest absolute Gasteiger partial charge is 0.361 e. The first-order valence-corrected chi connectivity index (χ1v) is 8.92. The van der Waals surface area contributed by atoms with E-state index >= 15 is 0 Å². The van der Waals surface area contributed by atoms with Gasteiger partial charge < -0.3 is 14.0 Å². The molecule has 146 valence electrons. The Kier molecular flexibility index (Phi) is 5.39. The molecule has 3 rings (SSSR count). The molecule has 3 aromatic rings. The van der Waals surface area contributed by atoms with E-state index in [-0.39, 0.29) is 23.6 Å². The fourth-order valence-corrected chi connectivity index (χ4v) is 2.95. The Hall–Kier alpha value is -3.29. The first kappa shape index (κ1) is 19.5. The molecule has 0 bridgehead atoms. The van der Waals surface area contributed by atoms with Gasteiger partial charge in [0.1, 0.15) is 11.3 Å². The fourth-order valence-electron chi connectivity index (χ4n) is 2.95. The number of hydrogen-bond acceptors (Lipinski definition) is 6. The van der Waals surface area contributed by atoms with Crippen LogP contribution in [-0.4, -0.2) is 37.5 Å². The number of hydrogen-bond donors (Lipinski definition) is 0. The minimum atomic E-state index is -0.349. The van der Waals surface area contributed by atoms with Crippen LogP contribution < -0.4 is 5.56 Å². The van der Waals surface area contributed by atoms with Gasteiger partial charge in [-0.25, -0.2) is 0 Å². The lowest BCUT2D eigenvalue weighted by Gasteiger charge is -2.18. The smallest absolute Gasteiger partial charge is 0.264 e. The second kappa shape index (κ2) is 7.75. The van der Waals surface area contributed by atoms with Crippen molar-refractivity contribution in [3.05, 3.63) is 74.5 Å². The van der Waals surface area contributed by atoms with E-state index in [1.165, 1.54) is 9.47 Å². The number of rotatable bonds is 5. The molecule has 0 aliphatic heterocycles. The fraction of sp³-hybridized carbons (Fsp3) is 0.350.